The lowest BCUT2D eigenvalue weighted by atomic mass is 10.1. The van der Waals surface area contributed by atoms with Gasteiger partial charge in [0, 0.05) is 41.6 Å². The highest BCUT2D eigenvalue weighted by Crippen LogP contribution is 2.12. The lowest BCUT2D eigenvalue weighted by Gasteiger charge is -2.11. The molecule has 2 aromatic rings. The molecule has 0 aliphatic rings. The molecule has 5 heteroatoms. The van der Waals surface area contributed by atoms with E-state index in [9.17, 15) is 8.99 Å². The number of aromatic hydroxyl groups is 1. The summed E-state index contributed by atoms with van der Waals surface area (Å²) in [6.07, 6.45) is 0. The molecule has 2 N–H and O–H groups in total. The second-order valence-electron chi connectivity index (χ2n) is 5.33. The number of aliphatic hydroxyl groups is 1. The number of benzene rings is 2. The minimum absolute atomic E-state index is 0.0806. The molecule has 2 aromatic carbocycles. The largest absolute Gasteiger partial charge is 0.508 e. The molecule has 0 amide bonds. The lowest BCUT2D eigenvalue weighted by Crippen LogP contribution is -2.16. The number of aliphatic hydroxyl groups excluding tert-OH is 1. The van der Waals surface area contributed by atoms with E-state index in [-0.39, 0.29) is 36.2 Å². The van der Waals surface area contributed by atoms with E-state index in [4.69, 9.17) is 9.84 Å². The van der Waals surface area contributed by atoms with Gasteiger partial charge in [0.2, 0.25) is 0 Å². The molecule has 3 nitrogen and oxygen atoms in total. The fourth-order valence-corrected chi connectivity index (χ4v) is 2.34. The van der Waals surface area contributed by atoms with Crippen LogP contribution >= 0.6 is 12.1 Å². The molecule has 1 atom stereocenters. The zero-order valence-corrected chi connectivity index (χ0v) is 13.9. The second-order valence-corrected chi connectivity index (χ2v) is 5.88. The third-order valence-corrected chi connectivity index (χ3v) is 3.95. The van der Waals surface area contributed by atoms with E-state index >= 15 is 0 Å². The van der Waals surface area contributed by atoms with Gasteiger partial charge >= 0.3 is 0 Å². The molecule has 0 heterocycles. The average molecular weight is 346 g/mol. The van der Waals surface area contributed by atoms with Crippen molar-refractivity contribution >= 4 is 12.1 Å². The highest BCUT2D eigenvalue weighted by Gasteiger charge is 2.08. The van der Waals surface area contributed by atoms with Crippen LogP contribution in [-0.2, 0) is 11.3 Å². The maximum absolute atomic E-state index is 12.2. The van der Waals surface area contributed by atoms with Crippen LogP contribution in [0.1, 0.15) is 16.7 Å². The third-order valence-electron chi connectivity index (χ3n) is 3.35. The van der Waals surface area contributed by atoms with Crippen LogP contribution in [0.5, 0.6) is 5.75 Å². The fourth-order valence-electron chi connectivity index (χ4n) is 1.96. The van der Waals surface area contributed by atoms with E-state index in [2.05, 4.69) is 11.8 Å². The van der Waals surface area contributed by atoms with Crippen molar-refractivity contribution in [2.45, 2.75) is 6.61 Å². The van der Waals surface area contributed by atoms with Crippen molar-refractivity contribution in [2.75, 3.05) is 19.0 Å². The summed E-state index contributed by atoms with van der Waals surface area (Å²) in [5.41, 5.74) is 2.71. The summed E-state index contributed by atoms with van der Waals surface area (Å²) in [6.45, 7) is 0.664. The van der Waals surface area contributed by atoms with Crippen molar-refractivity contribution < 1.29 is 18.8 Å². The topological polar surface area (TPSA) is 49.7 Å². The monoisotopic (exact) mass is 346 g/mol. The van der Waals surface area contributed by atoms with Crippen LogP contribution in [0.25, 0.3) is 0 Å². The summed E-state index contributed by atoms with van der Waals surface area (Å²) in [4.78, 5) is 0. The number of hydrogen-bond donors (Lipinski definition) is 2. The zero-order chi connectivity index (χ0) is 17.2. The minimum Gasteiger partial charge on any atom is -0.508 e. The van der Waals surface area contributed by atoms with Gasteiger partial charge in [-0.1, -0.05) is 24.0 Å². The highest BCUT2D eigenvalue weighted by atomic mass is 32.2. The summed E-state index contributed by atoms with van der Waals surface area (Å²) in [5.74, 6) is 6.36. The van der Waals surface area contributed by atoms with Crippen LogP contribution in [0, 0.1) is 17.8 Å². The molecule has 0 spiro atoms. The number of rotatable bonds is 7. The Bertz CT molecular complexity index is 674. The van der Waals surface area contributed by atoms with E-state index in [1.54, 1.807) is 24.3 Å². The first-order valence-corrected chi connectivity index (χ1v) is 8.42. The Morgan fingerprint density at radius 2 is 1.58 bits per heavy atom. The quantitative estimate of drug-likeness (QED) is 0.753. The van der Waals surface area contributed by atoms with E-state index in [0.29, 0.717) is 13.2 Å². The Balaban J connectivity index is 1.86. The third kappa shape index (κ3) is 6.25. The maximum atomic E-state index is 12.2. The Morgan fingerprint density at radius 3 is 2.12 bits per heavy atom. The smallest absolute Gasteiger partial charge is 0.115 e. The van der Waals surface area contributed by atoms with E-state index in [0.717, 1.165) is 16.7 Å². The molecule has 1 unspecified atom stereocenters. The van der Waals surface area contributed by atoms with Crippen LogP contribution in [0.4, 0.5) is 3.89 Å². The van der Waals surface area contributed by atoms with E-state index in [1.807, 2.05) is 24.3 Å². The molecule has 0 fully saturated rings. The summed E-state index contributed by atoms with van der Waals surface area (Å²) in [6, 6.07) is 14.4. The first kappa shape index (κ1) is 18.3. The van der Waals surface area contributed by atoms with Crippen molar-refractivity contribution in [3.63, 3.8) is 0 Å². The summed E-state index contributed by atoms with van der Waals surface area (Å²) < 4.78 is 17.7. The Kier molecular flexibility index (Phi) is 7.63. The fraction of sp³-hybridized carbons (Fsp3) is 0.263. The molecule has 0 aliphatic carbocycles. The summed E-state index contributed by atoms with van der Waals surface area (Å²) in [5, 5.41) is 18.3. The van der Waals surface area contributed by atoms with Gasteiger partial charge in [-0.3, -0.25) is 0 Å². The number of hydrogen-bond acceptors (Lipinski definition) is 4. The molecule has 0 bridgehead atoms. The van der Waals surface area contributed by atoms with Gasteiger partial charge in [0.25, 0.3) is 0 Å². The van der Waals surface area contributed by atoms with Crippen molar-refractivity contribution in [1.29, 1.82) is 0 Å². The number of phenols is 1. The molecule has 126 valence electrons. The predicted molar refractivity (Wildman–Crippen MR) is 94.3 cm³/mol. The molecular weight excluding hydrogens is 327 g/mol. The van der Waals surface area contributed by atoms with Gasteiger partial charge in [-0.05, 0) is 42.0 Å². The van der Waals surface area contributed by atoms with Crippen molar-refractivity contribution in [2.24, 2.45) is 5.92 Å². The standard InChI is InChI=1S/C19H19FO3S/c20-24-14-18(11-21)13-23-12-17-5-3-15(4-6-17)1-2-16-7-9-19(22)10-8-16/h3-10,18,21-22H,11-14H2. The Labute approximate surface area is 145 Å². The predicted octanol–water partition coefficient (Wildman–Crippen LogP) is 3.53. The van der Waals surface area contributed by atoms with Crippen LogP contribution in [0.2, 0.25) is 0 Å². The molecule has 0 aliphatic heterocycles. The Hall–Kier alpha value is -2.00. The second kappa shape index (κ2) is 9.99. The van der Waals surface area contributed by atoms with Crippen LogP contribution in [0.15, 0.2) is 48.5 Å². The van der Waals surface area contributed by atoms with Crippen molar-refractivity contribution in [1.82, 2.24) is 0 Å². The zero-order valence-electron chi connectivity index (χ0n) is 13.1. The molecule has 0 radical (unpaired) electrons. The number of phenolic OH excluding ortho intramolecular Hbond substituents is 1. The molecule has 0 aromatic heterocycles. The van der Waals surface area contributed by atoms with Gasteiger partial charge in [0.1, 0.15) is 5.75 Å². The highest BCUT2D eigenvalue weighted by molar-refractivity contribution is 7.94. The molecule has 0 saturated heterocycles. The first-order chi connectivity index (χ1) is 11.7. The molecule has 2 rings (SSSR count). The van der Waals surface area contributed by atoms with E-state index in [1.165, 1.54) is 0 Å². The van der Waals surface area contributed by atoms with E-state index < -0.39 is 0 Å². The van der Waals surface area contributed by atoms with Crippen LogP contribution in [-0.4, -0.2) is 29.2 Å². The van der Waals surface area contributed by atoms with Gasteiger partial charge in [-0.2, -0.15) is 3.89 Å². The summed E-state index contributed by atoms with van der Waals surface area (Å²) >= 11 is 0.218. The minimum atomic E-state index is -0.185. The van der Waals surface area contributed by atoms with Gasteiger partial charge in [0.05, 0.1) is 13.2 Å². The first-order valence-electron chi connectivity index (χ1n) is 7.53. The maximum Gasteiger partial charge on any atom is 0.115 e. The SMILES string of the molecule is OCC(COCc1ccc(C#Cc2ccc(O)cc2)cc1)CSF. The number of ether oxygens (including phenoxy) is 1. The van der Waals surface area contributed by atoms with Gasteiger partial charge in [0.15, 0.2) is 0 Å². The van der Waals surface area contributed by atoms with Crippen LogP contribution in [0.3, 0.4) is 0 Å². The molecule has 0 saturated carbocycles. The number of halogens is 1. The van der Waals surface area contributed by atoms with Crippen LogP contribution < -0.4 is 0 Å². The summed E-state index contributed by atoms with van der Waals surface area (Å²) in [7, 11) is 0. The Morgan fingerprint density at radius 1 is 1.00 bits per heavy atom. The average Bonchev–Trinajstić information content (AvgIpc) is 2.61. The van der Waals surface area contributed by atoms with Gasteiger partial charge < -0.3 is 14.9 Å². The lowest BCUT2D eigenvalue weighted by molar-refractivity contribution is 0.0711. The molecular formula is C19H19FO3S. The molecule has 24 heavy (non-hydrogen) atoms. The van der Waals surface area contributed by atoms with Gasteiger partial charge in [-0.25, -0.2) is 0 Å². The van der Waals surface area contributed by atoms with Gasteiger partial charge in [-0.15, -0.1) is 0 Å². The normalized spacial score (nSPS) is 11.6. The van der Waals surface area contributed by atoms with Crippen molar-refractivity contribution in [3.8, 4) is 17.6 Å². The van der Waals surface area contributed by atoms with Crippen molar-refractivity contribution in [3.05, 3.63) is 65.2 Å².